The number of carbonyl (C=O) groups excluding carboxylic acids is 1. The first kappa shape index (κ1) is 22.7. The number of aromatic nitrogens is 2. The van der Waals surface area contributed by atoms with Gasteiger partial charge in [-0.25, -0.2) is 4.98 Å². The summed E-state index contributed by atoms with van der Waals surface area (Å²) in [7, 11) is 1.75. The van der Waals surface area contributed by atoms with Crippen molar-refractivity contribution in [3.05, 3.63) is 58.0 Å². The van der Waals surface area contributed by atoms with Gasteiger partial charge in [-0.15, -0.1) is 0 Å². The molecule has 1 fully saturated rings. The van der Waals surface area contributed by atoms with E-state index in [9.17, 15) is 18.0 Å². The van der Waals surface area contributed by atoms with Gasteiger partial charge >= 0.3 is 6.18 Å². The fraction of sp³-hybridized carbons (Fsp3) is 0.364. The number of alkyl halides is 3. The molecule has 0 radical (unpaired) electrons. The number of hydrogen-bond acceptors (Lipinski definition) is 3. The molecule has 0 bridgehead atoms. The number of anilines is 1. The summed E-state index contributed by atoms with van der Waals surface area (Å²) in [5.74, 6) is -0.262. The highest BCUT2D eigenvalue weighted by Gasteiger charge is 2.34. The van der Waals surface area contributed by atoms with Gasteiger partial charge in [0.1, 0.15) is 10.8 Å². The van der Waals surface area contributed by atoms with Crippen molar-refractivity contribution in [2.75, 3.05) is 5.32 Å². The molecule has 1 aliphatic rings. The summed E-state index contributed by atoms with van der Waals surface area (Å²) in [5.41, 5.74) is -0.0259. The fourth-order valence-corrected chi connectivity index (χ4v) is 4.45. The van der Waals surface area contributed by atoms with Crippen LogP contribution in [0.5, 0.6) is 0 Å². The summed E-state index contributed by atoms with van der Waals surface area (Å²) in [6, 6.07) is 7.03. The third-order valence-electron chi connectivity index (χ3n) is 5.67. The largest absolute Gasteiger partial charge is 0.433 e. The first-order chi connectivity index (χ1) is 15.1. The highest BCUT2D eigenvalue weighted by atomic mass is 35.5. The van der Waals surface area contributed by atoms with E-state index in [0.717, 1.165) is 25.3 Å². The van der Waals surface area contributed by atoms with Gasteiger partial charge in [0.25, 0.3) is 5.91 Å². The Balaban J connectivity index is 1.54. The van der Waals surface area contributed by atoms with Crippen LogP contribution in [0.4, 0.5) is 18.9 Å². The molecule has 0 aliphatic heterocycles. The molecule has 1 aliphatic carbocycles. The van der Waals surface area contributed by atoms with Crippen LogP contribution in [0.25, 0.3) is 10.9 Å². The van der Waals surface area contributed by atoms with Crippen molar-refractivity contribution in [1.82, 2.24) is 14.9 Å². The Hall–Kier alpha value is -2.45. The van der Waals surface area contributed by atoms with Crippen LogP contribution >= 0.6 is 23.2 Å². The number of hydrogen-bond donors (Lipinski definition) is 2. The van der Waals surface area contributed by atoms with Gasteiger partial charge in [-0.3, -0.25) is 4.79 Å². The van der Waals surface area contributed by atoms with E-state index in [4.69, 9.17) is 23.2 Å². The standard InChI is InChI=1S/C22H21Cl2F3N4O/c1-31-8-7-15(20(31)24)21(32)29-14-4-2-3-13(10-14)28-18-11-19(22(25,26)27)30-17-6-5-12(23)9-16(17)18/h5-9,11,13-14H,2-4,10H2,1H3,(H,28,30)(H,29,32)/t13-,14+/m0/s1. The molecule has 2 atom stereocenters. The average molecular weight is 485 g/mol. The second kappa shape index (κ2) is 8.83. The van der Waals surface area contributed by atoms with Crippen LogP contribution in [0.1, 0.15) is 41.7 Å². The molecule has 2 N–H and O–H groups in total. The van der Waals surface area contributed by atoms with Crippen molar-refractivity contribution in [2.45, 2.75) is 43.9 Å². The molecule has 4 rings (SSSR count). The molecule has 2 heterocycles. The Kier molecular flexibility index (Phi) is 6.27. The SMILES string of the molecule is Cn1ccc(C(=O)N[C@@H]2CCC[C@H](Nc3cc(C(F)(F)F)nc4ccc(Cl)cc34)C2)c1Cl. The number of rotatable bonds is 4. The Bertz CT molecular complexity index is 1160. The third-order valence-corrected chi connectivity index (χ3v) is 6.38. The normalized spacial score (nSPS) is 19.2. The van der Waals surface area contributed by atoms with E-state index in [1.165, 1.54) is 12.1 Å². The smallest absolute Gasteiger partial charge is 0.382 e. The molecule has 0 spiro atoms. The maximum absolute atomic E-state index is 13.4. The number of carbonyl (C=O) groups is 1. The van der Waals surface area contributed by atoms with Gasteiger partial charge in [0.2, 0.25) is 0 Å². The summed E-state index contributed by atoms with van der Waals surface area (Å²) in [6.07, 6.45) is 0.0843. The van der Waals surface area contributed by atoms with E-state index >= 15 is 0 Å². The van der Waals surface area contributed by atoms with E-state index in [2.05, 4.69) is 15.6 Å². The maximum Gasteiger partial charge on any atom is 0.433 e. The summed E-state index contributed by atoms with van der Waals surface area (Å²) in [6.45, 7) is 0. The van der Waals surface area contributed by atoms with Gasteiger partial charge in [0.05, 0.1) is 11.1 Å². The van der Waals surface area contributed by atoms with E-state index in [0.29, 0.717) is 33.2 Å². The second-order valence-electron chi connectivity index (χ2n) is 8.02. The van der Waals surface area contributed by atoms with E-state index < -0.39 is 11.9 Å². The number of nitrogens with one attached hydrogen (secondary N) is 2. The molecule has 2 aromatic heterocycles. The van der Waals surface area contributed by atoms with Crippen LogP contribution in [-0.4, -0.2) is 27.5 Å². The molecule has 1 aromatic carbocycles. The number of amides is 1. The molecule has 5 nitrogen and oxygen atoms in total. The lowest BCUT2D eigenvalue weighted by molar-refractivity contribution is -0.140. The van der Waals surface area contributed by atoms with Crippen LogP contribution < -0.4 is 10.6 Å². The fourth-order valence-electron chi connectivity index (χ4n) is 4.08. The number of benzene rings is 1. The van der Waals surface area contributed by atoms with E-state index in [-0.39, 0.29) is 23.5 Å². The zero-order valence-electron chi connectivity index (χ0n) is 17.1. The predicted molar refractivity (Wildman–Crippen MR) is 119 cm³/mol. The van der Waals surface area contributed by atoms with Crippen molar-refractivity contribution in [3.8, 4) is 0 Å². The lowest BCUT2D eigenvalue weighted by Gasteiger charge is -2.31. The van der Waals surface area contributed by atoms with E-state index in [1.54, 1.807) is 29.9 Å². The average Bonchev–Trinajstić information content (AvgIpc) is 3.06. The van der Waals surface area contributed by atoms with Gasteiger partial charge in [0, 0.05) is 41.4 Å². The first-order valence-corrected chi connectivity index (χ1v) is 10.9. The van der Waals surface area contributed by atoms with Crippen molar-refractivity contribution in [1.29, 1.82) is 0 Å². The monoisotopic (exact) mass is 484 g/mol. The van der Waals surface area contributed by atoms with Crippen LogP contribution in [0.2, 0.25) is 10.2 Å². The Morgan fingerprint density at radius 2 is 1.91 bits per heavy atom. The van der Waals surface area contributed by atoms with Gasteiger partial charge in [-0.2, -0.15) is 13.2 Å². The minimum atomic E-state index is -4.57. The molecule has 170 valence electrons. The third kappa shape index (κ3) is 4.81. The van der Waals surface area contributed by atoms with Gasteiger partial charge in [-0.1, -0.05) is 23.2 Å². The van der Waals surface area contributed by atoms with Crippen LogP contribution in [0.3, 0.4) is 0 Å². The van der Waals surface area contributed by atoms with Gasteiger partial charge in [-0.05, 0) is 56.0 Å². The molecule has 0 unspecified atom stereocenters. The lowest BCUT2D eigenvalue weighted by Crippen LogP contribution is -2.41. The zero-order valence-corrected chi connectivity index (χ0v) is 18.7. The molecule has 0 saturated heterocycles. The lowest BCUT2D eigenvalue weighted by atomic mass is 9.90. The quantitative estimate of drug-likeness (QED) is 0.473. The predicted octanol–water partition coefficient (Wildman–Crippen LogP) is 6.05. The molecule has 1 amide bonds. The highest BCUT2D eigenvalue weighted by Crippen LogP contribution is 2.35. The minimum absolute atomic E-state index is 0.119. The number of fused-ring (bicyclic) bond motifs is 1. The number of aryl methyl sites for hydroxylation is 1. The number of nitrogens with zero attached hydrogens (tertiary/aromatic N) is 2. The van der Waals surface area contributed by atoms with E-state index in [1.807, 2.05) is 0 Å². The van der Waals surface area contributed by atoms with Crippen molar-refractivity contribution >= 4 is 45.7 Å². The summed E-state index contributed by atoms with van der Waals surface area (Å²) < 4.78 is 41.8. The Morgan fingerprint density at radius 1 is 1.16 bits per heavy atom. The highest BCUT2D eigenvalue weighted by molar-refractivity contribution is 6.33. The number of pyridine rings is 1. The first-order valence-electron chi connectivity index (χ1n) is 10.2. The van der Waals surface area contributed by atoms with Gasteiger partial charge in [0.15, 0.2) is 0 Å². The number of halogens is 5. The molecule has 3 aromatic rings. The molecule has 32 heavy (non-hydrogen) atoms. The molecule has 1 saturated carbocycles. The Labute approximate surface area is 192 Å². The summed E-state index contributed by atoms with van der Waals surface area (Å²) in [5, 5.41) is 7.53. The minimum Gasteiger partial charge on any atom is -0.382 e. The van der Waals surface area contributed by atoms with Crippen molar-refractivity contribution < 1.29 is 18.0 Å². The second-order valence-corrected chi connectivity index (χ2v) is 8.82. The van der Waals surface area contributed by atoms with Gasteiger partial charge < -0.3 is 15.2 Å². The topological polar surface area (TPSA) is 59.0 Å². The van der Waals surface area contributed by atoms with Crippen molar-refractivity contribution in [2.24, 2.45) is 7.05 Å². The molecular formula is C22H21Cl2F3N4O. The summed E-state index contributed by atoms with van der Waals surface area (Å²) >= 11 is 12.2. The molecule has 10 heteroatoms. The molecular weight excluding hydrogens is 464 g/mol. The summed E-state index contributed by atoms with van der Waals surface area (Å²) in [4.78, 5) is 16.3. The zero-order chi connectivity index (χ0) is 23.0. The maximum atomic E-state index is 13.4. The van der Waals surface area contributed by atoms with Crippen LogP contribution in [0.15, 0.2) is 36.5 Å². The van der Waals surface area contributed by atoms with Crippen molar-refractivity contribution in [3.63, 3.8) is 0 Å². The van der Waals surface area contributed by atoms with Crippen LogP contribution in [0, 0.1) is 0 Å². The Morgan fingerprint density at radius 3 is 2.59 bits per heavy atom. The van der Waals surface area contributed by atoms with Crippen LogP contribution in [-0.2, 0) is 13.2 Å².